The van der Waals surface area contributed by atoms with E-state index in [1.807, 2.05) is 44.2 Å². The summed E-state index contributed by atoms with van der Waals surface area (Å²) < 4.78 is 13.8. The molecule has 0 aliphatic carbocycles. The Morgan fingerprint density at radius 1 is 1.08 bits per heavy atom. The fourth-order valence-electron chi connectivity index (χ4n) is 2.41. The van der Waals surface area contributed by atoms with Crippen LogP contribution in [0.2, 0.25) is 0 Å². The van der Waals surface area contributed by atoms with Crippen molar-refractivity contribution < 1.29 is 9.18 Å². The molecule has 0 radical (unpaired) electrons. The number of carbonyl (C=O) groups is 1. The van der Waals surface area contributed by atoms with E-state index in [1.54, 1.807) is 18.2 Å². The number of benzene rings is 2. The Morgan fingerprint density at radius 2 is 1.75 bits per heavy atom. The molecule has 1 aromatic heterocycles. The van der Waals surface area contributed by atoms with Crippen LogP contribution >= 0.6 is 11.3 Å². The third kappa shape index (κ3) is 3.36. The molecule has 1 N–H and O–H groups in total. The standard InChI is InChI=1S/C19H17FN2OS/c1-19(2,13-8-4-3-5-9-13)22-17(23)16-12-21-18(24-16)14-10-6-7-11-15(14)20/h3-12H,1-2H3,(H,22,23). The average molecular weight is 340 g/mol. The molecule has 1 heterocycles. The molecule has 5 heteroatoms. The van der Waals surface area contributed by atoms with E-state index in [1.165, 1.54) is 23.6 Å². The largest absolute Gasteiger partial charge is 0.342 e. The smallest absolute Gasteiger partial charge is 0.263 e. The number of carbonyl (C=O) groups excluding carboxylic acids is 1. The molecule has 0 saturated heterocycles. The molecule has 2 aromatic carbocycles. The maximum absolute atomic E-state index is 13.8. The van der Waals surface area contributed by atoms with Crippen molar-refractivity contribution in [3.63, 3.8) is 0 Å². The Kier molecular flexibility index (Phi) is 4.44. The molecule has 0 unspecified atom stereocenters. The van der Waals surface area contributed by atoms with Gasteiger partial charge in [0.05, 0.1) is 11.7 Å². The molecule has 0 atom stereocenters. The lowest BCUT2D eigenvalue weighted by atomic mass is 9.94. The molecule has 0 aliphatic heterocycles. The molecule has 0 saturated carbocycles. The number of rotatable bonds is 4. The number of thiazole rings is 1. The van der Waals surface area contributed by atoms with E-state index in [2.05, 4.69) is 10.3 Å². The van der Waals surface area contributed by atoms with Crippen LogP contribution in [0.5, 0.6) is 0 Å². The minimum atomic E-state index is -0.513. The van der Waals surface area contributed by atoms with E-state index in [9.17, 15) is 9.18 Å². The fourth-order valence-corrected chi connectivity index (χ4v) is 3.25. The van der Waals surface area contributed by atoms with Crippen molar-refractivity contribution in [3.05, 3.63) is 77.1 Å². The van der Waals surface area contributed by atoms with Gasteiger partial charge in [0.25, 0.3) is 5.91 Å². The lowest BCUT2D eigenvalue weighted by Gasteiger charge is -2.26. The summed E-state index contributed by atoms with van der Waals surface area (Å²) in [4.78, 5) is 17.2. The number of hydrogen-bond donors (Lipinski definition) is 1. The second kappa shape index (κ2) is 6.53. The van der Waals surface area contributed by atoms with Gasteiger partial charge >= 0.3 is 0 Å². The molecule has 3 rings (SSSR count). The van der Waals surface area contributed by atoms with Gasteiger partial charge in [0.2, 0.25) is 0 Å². The van der Waals surface area contributed by atoms with Gasteiger partial charge in [-0.25, -0.2) is 9.37 Å². The van der Waals surface area contributed by atoms with Crippen molar-refractivity contribution in [2.45, 2.75) is 19.4 Å². The van der Waals surface area contributed by atoms with Crippen LogP contribution < -0.4 is 5.32 Å². The molecular weight excluding hydrogens is 323 g/mol. The highest BCUT2D eigenvalue weighted by Crippen LogP contribution is 2.28. The van der Waals surface area contributed by atoms with E-state index in [-0.39, 0.29) is 11.7 Å². The van der Waals surface area contributed by atoms with Gasteiger partial charge in [-0.15, -0.1) is 11.3 Å². The second-order valence-electron chi connectivity index (χ2n) is 5.95. The zero-order valence-corrected chi connectivity index (χ0v) is 14.2. The molecule has 0 bridgehead atoms. The molecule has 3 nitrogen and oxygen atoms in total. The molecule has 0 spiro atoms. The average Bonchev–Trinajstić information content (AvgIpc) is 3.06. The molecule has 0 fully saturated rings. The summed E-state index contributed by atoms with van der Waals surface area (Å²) >= 11 is 1.18. The molecule has 122 valence electrons. The van der Waals surface area contributed by atoms with Crippen molar-refractivity contribution in [1.82, 2.24) is 10.3 Å². The number of aromatic nitrogens is 1. The van der Waals surface area contributed by atoms with Crippen LogP contribution in [0.15, 0.2) is 60.8 Å². The van der Waals surface area contributed by atoms with Gasteiger partial charge in [-0.1, -0.05) is 42.5 Å². The Hall–Kier alpha value is -2.53. The van der Waals surface area contributed by atoms with Gasteiger partial charge in [-0.2, -0.15) is 0 Å². The van der Waals surface area contributed by atoms with Gasteiger partial charge in [0.1, 0.15) is 15.7 Å². The zero-order valence-electron chi connectivity index (χ0n) is 13.4. The van der Waals surface area contributed by atoms with Gasteiger partial charge < -0.3 is 5.32 Å². The van der Waals surface area contributed by atoms with E-state index in [0.29, 0.717) is 15.4 Å². The Morgan fingerprint density at radius 3 is 2.46 bits per heavy atom. The summed E-state index contributed by atoms with van der Waals surface area (Å²) in [5.41, 5.74) is 0.904. The lowest BCUT2D eigenvalue weighted by Crippen LogP contribution is -2.40. The summed E-state index contributed by atoms with van der Waals surface area (Å²) in [7, 11) is 0. The molecule has 0 aliphatic rings. The van der Waals surface area contributed by atoms with Crippen LogP contribution in [0, 0.1) is 5.82 Å². The maximum Gasteiger partial charge on any atom is 0.263 e. The highest BCUT2D eigenvalue weighted by molar-refractivity contribution is 7.16. The summed E-state index contributed by atoms with van der Waals surface area (Å²) in [6, 6.07) is 16.2. The Balaban J connectivity index is 1.81. The van der Waals surface area contributed by atoms with Gasteiger partial charge in [-0.05, 0) is 31.5 Å². The van der Waals surface area contributed by atoms with Crippen LogP contribution in [0.3, 0.4) is 0 Å². The van der Waals surface area contributed by atoms with Crippen LogP contribution in [-0.4, -0.2) is 10.9 Å². The number of nitrogens with one attached hydrogen (secondary N) is 1. The third-order valence-electron chi connectivity index (χ3n) is 3.76. The van der Waals surface area contributed by atoms with E-state index < -0.39 is 5.54 Å². The van der Waals surface area contributed by atoms with Crippen LogP contribution in [-0.2, 0) is 5.54 Å². The second-order valence-corrected chi connectivity index (χ2v) is 6.99. The summed E-state index contributed by atoms with van der Waals surface area (Å²) in [5, 5.41) is 3.50. The predicted molar refractivity (Wildman–Crippen MR) is 94.4 cm³/mol. The quantitative estimate of drug-likeness (QED) is 0.753. The van der Waals surface area contributed by atoms with E-state index in [4.69, 9.17) is 0 Å². The topological polar surface area (TPSA) is 42.0 Å². The summed E-state index contributed by atoms with van der Waals surface area (Å²) in [6.45, 7) is 3.89. The van der Waals surface area contributed by atoms with Gasteiger partial charge in [0.15, 0.2) is 0 Å². The van der Waals surface area contributed by atoms with Crippen molar-refractivity contribution in [2.75, 3.05) is 0 Å². The Bertz CT molecular complexity index is 859. The van der Waals surface area contributed by atoms with Crippen LogP contribution in [0.1, 0.15) is 29.1 Å². The first kappa shape index (κ1) is 16.3. The molecular formula is C19H17FN2OS. The van der Waals surface area contributed by atoms with Crippen LogP contribution in [0.25, 0.3) is 10.6 Å². The number of hydrogen-bond acceptors (Lipinski definition) is 3. The normalized spacial score (nSPS) is 11.3. The number of halogens is 1. The SMILES string of the molecule is CC(C)(NC(=O)c1cnc(-c2ccccc2F)s1)c1ccccc1. The Labute approximate surface area is 144 Å². The van der Waals surface area contributed by atoms with Crippen molar-refractivity contribution >= 4 is 17.2 Å². The number of amides is 1. The van der Waals surface area contributed by atoms with Gasteiger partial charge in [0, 0.05) is 5.56 Å². The highest BCUT2D eigenvalue weighted by Gasteiger charge is 2.24. The zero-order chi connectivity index (χ0) is 17.2. The highest BCUT2D eigenvalue weighted by atomic mass is 32.1. The fraction of sp³-hybridized carbons (Fsp3) is 0.158. The summed E-state index contributed by atoms with van der Waals surface area (Å²) in [5.74, 6) is -0.563. The summed E-state index contributed by atoms with van der Waals surface area (Å²) in [6.07, 6.45) is 1.49. The lowest BCUT2D eigenvalue weighted by molar-refractivity contribution is 0.0916. The monoisotopic (exact) mass is 340 g/mol. The van der Waals surface area contributed by atoms with Crippen molar-refractivity contribution in [1.29, 1.82) is 0 Å². The van der Waals surface area contributed by atoms with Crippen molar-refractivity contribution in [3.8, 4) is 10.6 Å². The first-order chi connectivity index (χ1) is 11.5. The van der Waals surface area contributed by atoms with Crippen LogP contribution in [0.4, 0.5) is 4.39 Å². The maximum atomic E-state index is 13.8. The minimum Gasteiger partial charge on any atom is -0.342 e. The predicted octanol–water partition coefficient (Wildman–Crippen LogP) is 4.61. The minimum absolute atomic E-state index is 0.219. The van der Waals surface area contributed by atoms with Crippen molar-refractivity contribution in [2.24, 2.45) is 0 Å². The van der Waals surface area contributed by atoms with Gasteiger partial charge in [-0.3, -0.25) is 4.79 Å². The molecule has 1 amide bonds. The first-order valence-corrected chi connectivity index (χ1v) is 8.38. The third-order valence-corrected chi connectivity index (χ3v) is 4.78. The van der Waals surface area contributed by atoms with E-state index in [0.717, 1.165) is 5.56 Å². The first-order valence-electron chi connectivity index (χ1n) is 7.56. The number of nitrogens with zero attached hydrogens (tertiary/aromatic N) is 1. The van der Waals surface area contributed by atoms with E-state index >= 15 is 0 Å². The molecule has 24 heavy (non-hydrogen) atoms. The molecule has 3 aromatic rings.